The second-order valence-electron chi connectivity index (χ2n) is 4.26. The van der Waals surface area contributed by atoms with Crippen molar-refractivity contribution in [1.82, 2.24) is 9.55 Å². The van der Waals surface area contributed by atoms with Gasteiger partial charge in [0.25, 0.3) is 0 Å². The Morgan fingerprint density at radius 3 is 2.43 bits per heavy atom. The van der Waals surface area contributed by atoms with Gasteiger partial charge >= 0.3 is 5.97 Å². The van der Waals surface area contributed by atoms with E-state index < -0.39 is 5.97 Å². The van der Waals surface area contributed by atoms with Crippen LogP contribution in [0.1, 0.15) is 16.3 Å². The second-order valence-corrected chi connectivity index (χ2v) is 4.26. The SMILES string of the molecule is COC(=O)c1nc(C)n(-c2ccc(OC)c(OC)c2)c1N. The van der Waals surface area contributed by atoms with Crippen LogP contribution in [-0.4, -0.2) is 36.8 Å². The zero-order valence-corrected chi connectivity index (χ0v) is 12.3. The number of anilines is 1. The van der Waals surface area contributed by atoms with Crippen molar-refractivity contribution < 1.29 is 19.0 Å². The van der Waals surface area contributed by atoms with Gasteiger partial charge in [-0.3, -0.25) is 4.57 Å². The van der Waals surface area contributed by atoms with E-state index in [0.717, 1.165) is 0 Å². The zero-order chi connectivity index (χ0) is 15.6. The Balaban J connectivity index is 2.57. The average Bonchev–Trinajstić information content (AvgIpc) is 2.80. The van der Waals surface area contributed by atoms with Crippen LogP contribution in [0, 0.1) is 6.92 Å². The second kappa shape index (κ2) is 5.74. The molecule has 0 atom stereocenters. The third-order valence-electron chi connectivity index (χ3n) is 3.08. The number of hydrogen-bond donors (Lipinski definition) is 1. The third-order valence-corrected chi connectivity index (χ3v) is 3.08. The van der Waals surface area contributed by atoms with E-state index in [2.05, 4.69) is 9.72 Å². The van der Waals surface area contributed by atoms with E-state index in [1.165, 1.54) is 7.11 Å². The number of esters is 1. The molecule has 0 saturated carbocycles. The van der Waals surface area contributed by atoms with E-state index in [1.54, 1.807) is 43.9 Å². The summed E-state index contributed by atoms with van der Waals surface area (Å²) in [6.07, 6.45) is 0. The van der Waals surface area contributed by atoms with Crippen molar-refractivity contribution in [2.75, 3.05) is 27.1 Å². The Labute approximate surface area is 122 Å². The van der Waals surface area contributed by atoms with Crippen LogP contribution in [0.25, 0.3) is 5.69 Å². The van der Waals surface area contributed by atoms with Crippen molar-refractivity contribution in [3.63, 3.8) is 0 Å². The molecular formula is C14H17N3O4. The molecule has 1 aromatic heterocycles. The first-order valence-electron chi connectivity index (χ1n) is 6.19. The molecule has 0 amide bonds. The van der Waals surface area contributed by atoms with Gasteiger partial charge in [-0.25, -0.2) is 9.78 Å². The monoisotopic (exact) mass is 291 g/mol. The highest BCUT2D eigenvalue weighted by atomic mass is 16.5. The molecule has 1 heterocycles. The maximum absolute atomic E-state index is 11.6. The molecule has 0 saturated heterocycles. The first-order valence-corrected chi connectivity index (χ1v) is 6.19. The molecule has 21 heavy (non-hydrogen) atoms. The predicted octanol–water partition coefficient (Wildman–Crippen LogP) is 1.57. The van der Waals surface area contributed by atoms with Crippen LogP contribution in [0.3, 0.4) is 0 Å². The normalized spacial score (nSPS) is 10.3. The lowest BCUT2D eigenvalue weighted by Crippen LogP contribution is -2.08. The molecule has 1 aromatic carbocycles. The number of imidazole rings is 1. The number of rotatable bonds is 4. The standard InChI is InChI=1S/C14H17N3O4/c1-8-16-12(14(18)21-4)13(15)17(8)9-5-6-10(19-2)11(7-9)20-3/h5-7H,15H2,1-4H3. The summed E-state index contributed by atoms with van der Waals surface area (Å²) in [5, 5.41) is 0. The van der Waals surface area contributed by atoms with Gasteiger partial charge < -0.3 is 19.9 Å². The first kappa shape index (κ1) is 14.7. The first-order chi connectivity index (χ1) is 10.0. The predicted molar refractivity (Wildman–Crippen MR) is 77.2 cm³/mol. The number of nitrogens with zero attached hydrogens (tertiary/aromatic N) is 2. The molecular weight excluding hydrogens is 274 g/mol. The summed E-state index contributed by atoms with van der Waals surface area (Å²) in [6.45, 7) is 1.75. The number of benzene rings is 1. The van der Waals surface area contributed by atoms with E-state index in [0.29, 0.717) is 23.0 Å². The van der Waals surface area contributed by atoms with E-state index in [1.807, 2.05) is 0 Å². The minimum Gasteiger partial charge on any atom is -0.493 e. The molecule has 0 fully saturated rings. The number of hydrogen-bond acceptors (Lipinski definition) is 6. The fourth-order valence-corrected chi connectivity index (χ4v) is 2.09. The van der Waals surface area contributed by atoms with Crippen molar-refractivity contribution in [1.29, 1.82) is 0 Å². The fourth-order valence-electron chi connectivity index (χ4n) is 2.09. The number of ether oxygens (including phenoxy) is 3. The van der Waals surface area contributed by atoms with Gasteiger partial charge in [0.2, 0.25) is 0 Å². The third kappa shape index (κ3) is 2.49. The Kier molecular flexibility index (Phi) is 4.02. The van der Waals surface area contributed by atoms with Crippen LogP contribution in [0.2, 0.25) is 0 Å². The molecule has 0 spiro atoms. The number of aromatic nitrogens is 2. The number of aryl methyl sites for hydroxylation is 1. The quantitative estimate of drug-likeness (QED) is 0.860. The summed E-state index contributed by atoms with van der Waals surface area (Å²) < 4.78 is 16.8. The summed E-state index contributed by atoms with van der Waals surface area (Å²) in [5.74, 6) is 1.37. The highest BCUT2D eigenvalue weighted by Gasteiger charge is 2.20. The van der Waals surface area contributed by atoms with Crippen LogP contribution >= 0.6 is 0 Å². The molecule has 0 aliphatic carbocycles. The van der Waals surface area contributed by atoms with E-state index in [4.69, 9.17) is 15.2 Å². The van der Waals surface area contributed by atoms with Crippen LogP contribution in [-0.2, 0) is 4.74 Å². The van der Waals surface area contributed by atoms with Crippen LogP contribution in [0.4, 0.5) is 5.82 Å². The Hall–Kier alpha value is -2.70. The van der Waals surface area contributed by atoms with Crippen molar-refractivity contribution in [2.45, 2.75) is 6.92 Å². The van der Waals surface area contributed by atoms with Gasteiger partial charge in [-0.15, -0.1) is 0 Å². The van der Waals surface area contributed by atoms with E-state index in [-0.39, 0.29) is 11.5 Å². The average molecular weight is 291 g/mol. The Morgan fingerprint density at radius 2 is 1.86 bits per heavy atom. The summed E-state index contributed by atoms with van der Waals surface area (Å²) in [5.41, 5.74) is 6.80. The number of nitrogens with two attached hydrogens (primary N) is 1. The summed E-state index contributed by atoms with van der Waals surface area (Å²) in [7, 11) is 4.39. The minimum absolute atomic E-state index is 0.0878. The van der Waals surface area contributed by atoms with Gasteiger partial charge in [0, 0.05) is 6.07 Å². The van der Waals surface area contributed by atoms with Crippen LogP contribution < -0.4 is 15.2 Å². The van der Waals surface area contributed by atoms with Gasteiger partial charge in [0.05, 0.1) is 27.0 Å². The molecule has 0 bridgehead atoms. The molecule has 0 unspecified atom stereocenters. The van der Waals surface area contributed by atoms with E-state index in [9.17, 15) is 4.79 Å². The molecule has 7 heteroatoms. The van der Waals surface area contributed by atoms with Gasteiger partial charge in [0.1, 0.15) is 11.6 Å². The van der Waals surface area contributed by atoms with Gasteiger partial charge in [-0.05, 0) is 19.1 Å². The molecule has 0 radical (unpaired) electrons. The fraction of sp³-hybridized carbons (Fsp3) is 0.286. The molecule has 0 aliphatic rings. The van der Waals surface area contributed by atoms with Gasteiger partial charge in [0.15, 0.2) is 17.2 Å². The molecule has 0 aliphatic heterocycles. The van der Waals surface area contributed by atoms with Gasteiger partial charge in [-0.1, -0.05) is 0 Å². The number of carbonyl (C=O) groups excluding carboxylic acids is 1. The maximum Gasteiger partial charge on any atom is 0.360 e. The highest BCUT2D eigenvalue weighted by Crippen LogP contribution is 2.31. The lowest BCUT2D eigenvalue weighted by molar-refractivity contribution is 0.0596. The van der Waals surface area contributed by atoms with Crippen molar-refractivity contribution >= 4 is 11.8 Å². The van der Waals surface area contributed by atoms with Gasteiger partial charge in [-0.2, -0.15) is 0 Å². The minimum atomic E-state index is -0.574. The number of carbonyl (C=O) groups is 1. The van der Waals surface area contributed by atoms with Crippen LogP contribution in [0.15, 0.2) is 18.2 Å². The molecule has 2 N–H and O–H groups in total. The van der Waals surface area contributed by atoms with Crippen molar-refractivity contribution in [2.24, 2.45) is 0 Å². The lowest BCUT2D eigenvalue weighted by Gasteiger charge is -2.12. The largest absolute Gasteiger partial charge is 0.493 e. The topological polar surface area (TPSA) is 88.6 Å². The lowest BCUT2D eigenvalue weighted by atomic mass is 10.2. The Bertz CT molecular complexity index is 679. The molecule has 2 rings (SSSR count). The summed E-state index contributed by atoms with van der Waals surface area (Å²) >= 11 is 0. The molecule has 2 aromatic rings. The summed E-state index contributed by atoms with van der Waals surface area (Å²) in [4.78, 5) is 15.8. The molecule has 112 valence electrons. The maximum atomic E-state index is 11.6. The van der Waals surface area contributed by atoms with Crippen molar-refractivity contribution in [3.05, 3.63) is 29.7 Å². The Morgan fingerprint density at radius 1 is 1.19 bits per heavy atom. The smallest absolute Gasteiger partial charge is 0.360 e. The summed E-state index contributed by atoms with van der Waals surface area (Å²) in [6, 6.07) is 5.31. The number of nitrogen functional groups attached to an aromatic ring is 1. The van der Waals surface area contributed by atoms with Crippen LogP contribution in [0.5, 0.6) is 11.5 Å². The highest BCUT2D eigenvalue weighted by molar-refractivity contribution is 5.92. The zero-order valence-electron chi connectivity index (χ0n) is 12.3. The van der Waals surface area contributed by atoms with Crippen molar-refractivity contribution in [3.8, 4) is 17.2 Å². The number of methoxy groups -OCH3 is 3. The van der Waals surface area contributed by atoms with E-state index >= 15 is 0 Å². The molecule has 7 nitrogen and oxygen atoms in total.